The van der Waals surface area contributed by atoms with Crippen molar-refractivity contribution in [2.45, 2.75) is 83.5 Å². The summed E-state index contributed by atoms with van der Waals surface area (Å²) in [4.78, 5) is 25.1. The molecule has 0 heterocycles. The van der Waals surface area contributed by atoms with Crippen LogP contribution in [0.4, 0.5) is 8.78 Å². The molecular weight excluding hydrogens is 418 g/mol. The van der Waals surface area contributed by atoms with Crippen LogP contribution in [0.15, 0.2) is 23.8 Å². The summed E-state index contributed by atoms with van der Waals surface area (Å²) in [6.07, 6.45) is 0.509. The van der Waals surface area contributed by atoms with Crippen molar-refractivity contribution >= 4 is 11.6 Å². The molecule has 0 aromatic carbocycles. The number of hydrogen-bond acceptors (Lipinski definition) is 5. The molecule has 9 atom stereocenters. The molecule has 32 heavy (non-hydrogen) atoms. The third-order valence-electron chi connectivity index (χ3n) is 9.18. The van der Waals surface area contributed by atoms with Gasteiger partial charge in [0.15, 0.2) is 17.2 Å². The summed E-state index contributed by atoms with van der Waals surface area (Å²) in [5, 5.41) is 23.0. The molecule has 0 aliphatic heterocycles. The normalized spacial score (nSPS) is 50.0. The lowest BCUT2D eigenvalue weighted by Gasteiger charge is -2.63. The summed E-state index contributed by atoms with van der Waals surface area (Å²) in [6, 6.07) is 0. The zero-order valence-electron chi connectivity index (χ0n) is 19.4. The van der Waals surface area contributed by atoms with Gasteiger partial charge in [-0.15, -0.1) is 0 Å². The number of aliphatic hydroxyl groups is 2. The number of ketones is 2. The van der Waals surface area contributed by atoms with E-state index < -0.39 is 63.7 Å². The van der Waals surface area contributed by atoms with Crippen LogP contribution >= 0.6 is 0 Å². The molecule has 0 bridgehead atoms. The van der Waals surface area contributed by atoms with Crippen LogP contribution in [0.3, 0.4) is 0 Å². The Morgan fingerprint density at radius 3 is 2.56 bits per heavy atom. The third-order valence-corrected chi connectivity index (χ3v) is 9.18. The van der Waals surface area contributed by atoms with E-state index in [1.807, 2.05) is 0 Å². The van der Waals surface area contributed by atoms with Gasteiger partial charge in [-0.2, -0.15) is 0 Å². The van der Waals surface area contributed by atoms with Crippen molar-refractivity contribution in [3.8, 4) is 0 Å². The lowest BCUT2D eigenvalue weighted by molar-refractivity contribution is -0.224. The maximum absolute atomic E-state index is 17.1. The molecule has 178 valence electrons. The average molecular weight is 453 g/mol. The van der Waals surface area contributed by atoms with Crippen molar-refractivity contribution < 1.29 is 33.3 Å². The molecule has 0 amide bonds. The first kappa shape index (κ1) is 23.7. The number of aliphatic hydroxyl groups excluding tert-OH is 1. The van der Waals surface area contributed by atoms with Gasteiger partial charge < -0.3 is 14.9 Å². The lowest BCUT2D eigenvalue weighted by Crippen LogP contribution is -2.70. The number of fused-ring (bicyclic) bond motifs is 5. The molecule has 3 saturated carbocycles. The first-order valence-electron chi connectivity index (χ1n) is 11.6. The molecule has 2 unspecified atom stereocenters. The Bertz CT molecular complexity index is 899. The molecule has 0 spiro atoms. The highest BCUT2D eigenvalue weighted by atomic mass is 19.1. The Kier molecular flexibility index (Phi) is 5.39. The van der Waals surface area contributed by atoms with Gasteiger partial charge in [-0.1, -0.05) is 19.9 Å². The van der Waals surface area contributed by atoms with E-state index in [1.54, 1.807) is 34.6 Å². The average Bonchev–Trinajstić information content (AvgIpc) is 2.91. The number of Topliss-reactive ketones (excluding diaryl/α,β-unsaturated/α-hetero) is 1. The quantitative estimate of drug-likeness (QED) is 0.684. The molecule has 7 heteroatoms. The highest BCUT2D eigenvalue weighted by Crippen LogP contribution is 2.70. The highest BCUT2D eigenvalue weighted by Gasteiger charge is 2.76. The summed E-state index contributed by atoms with van der Waals surface area (Å²) in [5.74, 6) is -2.80. The monoisotopic (exact) mass is 452 g/mol. The van der Waals surface area contributed by atoms with E-state index in [0.717, 1.165) is 6.08 Å². The zero-order valence-corrected chi connectivity index (χ0v) is 19.4. The summed E-state index contributed by atoms with van der Waals surface area (Å²) in [5.41, 5.74) is -6.57. The largest absolute Gasteiger partial charge is 0.390 e. The van der Waals surface area contributed by atoms with Crippen molar-refractivity contribution in [3.05, 3.63) is 23.8 Å². The van der Waals surface area contributed by atoms with E-state index in [-0.39, 0.29) is 31.1 Å². The maximum Gasteiger partial charge on any atom is 0.190 e. The van der Waals surface area contributed by atoms with Crippen molar-refractivity contribution in [1.82, 2.24) is 0 Å². The Morgan fingerprint density at radius 1 is 1.28 bits per heavy atom. The molecule has 4 rings (SSSR count). The Balaban J connectivity index is 1.78. The number of halogens is 2. The van der Waals surface area contributed by atoms with E-state index >= 15 is 8.78 Å². The van der Waals surface area contributed by atoms with E-state index in [1.165, 1.54) is 12.2 Å². The minimum absolute atomic E-state index is 0.0640. The van der Waals surface area contributed by atoms with Crippen molar-refractivity contribution in [3.63, 3.8) is 0 Å². The molecule has 0 saturated heterocycles. The number of alkyl halides is 2. The van der Waals surface area contributed by atoms with E-state index in [2.05, 4.69) is 0 Å². The van der Waals surface area contributed by atoms with E-state index in [0.29, 0.717) is 6.42 Å². The van der Waals surface area contributed by atoms with Crippen LogP contribution in [0.5, 0.6) is 0 Å². The summed E-state index contributed by atoms with van der Waals surface area (Å²) in [7, 11) is 0. The Labute approximate surface area is 187 Å². The summed E-state index contributed by atoms with van der Waals surface area (Å²) in [6.45, 7) is 8.32. The fourth-order valence-corrected chi connectivity index (χ4v) is 7.49. The summed E-state index contributed by atoms with van der Waals surface area (Å²) >= 11 is 0. The second-order valence-electron chi connectivity index (χ2n) is 11.0. The fraction of sp³-hybridized carbons (Fsp3) is 0.760. The lowest BCUT2D eigenvalue weighted by atomic mass is 9.44. The van der Waals surface area contributed by atoms with Crippen LogP contribution in [0.25, 0.3) is 0 Å². The maximum atomic E-state index is 17.1. The van der Waals surface area contributed by atoms with Gasteiger partial charge >= 0.3 is 0 Å². The molecule has 0 aromatic heterocycles. The van der Waals surface area contributed by atoms with E-state index in [9.17, 15) is 19.8 Å². The first-order chi connectivity index (χ1) is 14.7. The molecule has 0 radical (unpaired) electrons. The number of rotatable bonds is 4. The topological polar surface area (TPSA) is 83.8 Å². The minimum atomic E-state index is -2.22. The molecule has 0 aromatic rings. The van der Waals surface area contributed by atoms with Crippen LogP contribution in [-0.2, 0) is 14.3 Å². The highest BCUT2D eigenvalue weighted by molar-refractivity contribution is 6.01. The smallest absolute Gasteiger partial charge is 0.190 e. The van der Waals surface area contributed by atoms with Gasteiger partial charge in [0, 0.05) is 16.7 Å². The Hall–Kier alpha value is -1.44. The van der Waals surface area contributed by atoms with Gasteiger partial charge in [-0.05, 0) is 69.6 Å². The molecule has 3 fully saturated rings. The van der Waals surface area contributed by atoms with Gasteiger partial charge in [0.2, 0.25) is 0 Å². The standard InChI is InChI=1S/C25H34F2O5/c1-13(2)32-12-21(30)25(31)14(3)8-16-17-10-19(26)18-9-15(28)6-7-22(18,4)24(17,27)20(29)11-23(16,25)5/h6-7,9,13-14,16-17,19-20,29,31H,8,10-12H2,1-5H3/t14-,16?,17?,19+,20+,22+,23+,24+,25+/m1/s1. The number of hydrogen-bond donors (Lipinski definition) is 2. The van der Waals surface area contributed by atoms with Crippen LogP contribution in [-0.4, -0.2) is 58.0 Å². The van der Waals surface area contributed by atoms with Crippen molar-refractivity contribution in [2.24, 2.45) is 28.6 Å². The third kappa shape index (κ3) is 2.77. The van der Waals surface area contributed by atoms with Gasteiger partial charge in [-0.25, -0.2) is 8.78 Å². The zero-order chi connectivity index (χ0) is 23.9. The number of allylic oxidation sites excluding steroid dienone is 4. The summed E-state index contributed by atoms with van der Waals surface area (Å²) < 4.78 is 37.9. The van der Waals surface area contributed by atoms with Gasteiger partial charge in [-0.3, -0.25) is 9.59 Å². The molecule has 4 aliphatic rings. The van der Waals surface area contributed by atoms with Crippen LogP contribution in [0, 0.1) is 28.6 Å². The van der Waals surface area contributed by atoms with E-state index in [4.69, 9.17) is 4.74 Å². The van der Waals surface area contributed by atoms with Gasteiger partial charge in [0.1, 0.15) is 18.4 Å². The SMILES string of the molecule is CC(C)OCC(=O)[C@@]1(O)[C@H](C)CC2C3C[C@H](F)C4=CC(=O)C=C[C@]4(C)[C@@]3(F)[C@@H](O)C[C@@]21C. The fourth-order valence-electron chi connectivity index (χ4n) is 7.49. The van der Waals surface area contributed by atoms with Crippen molar-refractivity contribution in [1.29, 1.82) is 0 Å². The molecule has 5 nitrogen and oxygen atoms in total. The van der Waals surface area contributed by atoms with Gasteiger partial charge in [0.25, 0.3) is 0 Å². The second-order valence-corrected chi connectivity index (χ2v) is 11.0. The van der Waals surface area contributed by atoms with Crippen molar-refractivity contribution in [2.75, 3.05) is 6.61 Å². The van der Waals surface area contributed by atoms with Gasteiger partial charge in [0.05, 0.1) is 12.2 Å². The number of carbonyl (C=O) groups excluding carboxylic acids is 2. The second kappa shape index (κ2) is 7.28. The minimum Gasteiger partial charge on any atom is -0.390 e. The molecular formula is C25H34F2O5. The predicted octanol–water partition coefficient (Wildman–Crippen LogP) is 3.28. The number of carbonyl (C=O) groups is 2. The first-order valence-corrected chi connectivity index (χ1v) is 11.6. The van der Waals surface area contributed by atoms with Crippen LogP contribution in [0.2, 0.25) is 0 Å². The number of ether oxygens (including phenoxy) is 1. The molecule has 2 N–H and O–H groups in total. The predicted molar refractivity (Wildman–Crippen MR) is 114 cm³/mol. The van der Waals surface area contributed by atoms with Crippen LogP contribution in [0.1, 0.15) is 53.9 Å². The molecule has 4 aliphatic carbocycles. The van der Waals surface area contributed by atoms with Crippen LogP contribution < -0.4 is 0 Å². The Morgan fingerprint density at radius 2 is 1.94 bits per heavy atom.